The fourth-order valence-electron chi connectivity index (χ4n) is 2.33. The summed E-state index contributed by atoms with van der Waals surface area (Å²) >= 11 is 6.08. The predicted octanol–water partition coefficient (Wildman–Crippen LogP) is 2.36. The summed E-state index contributed by atoms with van der Waals surface area (Å²) in [5, 5.41) is 12.2. The highest BCUT2D eigenvalue weighted by Gasteiger charge is 2.26. The molecule has 2 atom stereocenters. The van der Waals surface area contributed by atoms with Crippen LogP contribution in [0.4, 0.5) is 10.3 Å². The first-order valence-corrected chi connectivity index (χ1v) is 7.35. The largest absolute Gasteiger partial charge is 0.477 e. The molecule has 3 heterocycles. The third-order valence-corrected chi connectivity index (χ3v) is 3.81. The fourth-order valence-corrected chi connectivity index (χ4v) is 2.53. The average molecular weight is 341 g/mol. The third-order valence-electron chi connectivity index (χ3n) is 3.53. The molecule has 0 saturated carbocycles. The van der Waals surface area contributed by atoms with Gasteiger partial charge in [0.25, 0.3) is 0 Å². The number of nitrogens with one attached hydrogen (secondary N) is 2. The number of anilines is 1. The van der Waals surface area contributed by atoms with Crippen LogP contribution < -0.4 is 5.32 Å². The second-order valence-corrected chi connectivity index (χ2v) is 5.53. The Bertz CT molecular complexity index is 724. The number of carbonyl (C=O) groups is 1. The maximum Gasteiger partial charge on any atom is 0.352 e. The van der Waals surface area contributed by atoms with Gasteiger partial charge in [0.2, 0.25) is 5.95 Å². The van der Waals surface area contributed by atoms with Crippen molar-refractivity contribution < 1.29 is 19.0 Å². The van der Waals surface area contributed by atoms with Gasteiger partial charge in [0.1, 0.15) is 11.9 Å². The van der Waals surface area contributed by atoms with E-state index in [9.17, 15) is 9.18 Å². The van der Waals surface area contributed by atoms with Crippen LogP contribution in [0.3, 0.4) is 0 Å². The van der Waals surface area contributed by atoms with Crippen LogP contribution in [0.2, 0.25) is 5.02 Å². The number of H-pyrrole nitrogens is 1. The maximum atomic E-state index is 13.8. The van der Waals surface area contributed by atoms with Gasteiger partial charge in [0.15, 0.2) is 0 Å². The molecule has 7 nitrogen and oxygen atoms in total. The molecule has 1 saturated heterocycles. The standard InChI is InChI=1S/C14H14ClFN4O3/c15-8-5-18-14(19-10-1-2-23-6-9(10)16)20-12(8)7-3-11(13(21)22)17-4-7/h3-5,9-10,17H,1-2,6H2,(H,21,22)(H,18,19,20). The highest BCUT2D eigenvalue weighted by atomic mass is 35.5. The van der Waals surface area contributed by atoms with E-state index in [-0.39, 0.29) is 23.3 Å². The Balaban J connectivity index is 1.85. The van der Waals surface area contributed by atoms with Crippen LogP contribution in [-0.4, -0.2) is 51.5 Å². The first-order valence-electron chi connectivity index (χ1n) is 6.97. The number of rotatable bonds is 4. The van der Waals surface area contributed by atoms with E-state index in [0.29, 0.717) is 24.3 Å². The summed E-state index contributed by atoms with van der Waals surface area (Å²) in [6.45, 7) is 0.510. The Hall–Kier alpha value is -2.19. The van der Waals surface area contributed by atoms with Crippen molar-refractivity contribution in [2.75, 3.05) is 18.5 Å². The van der Waals surface area contributed by atoms with Gasteiger partial charge in [-0.2, -0.15) is 0 Å². The fraction of sp³-hybridized carbons (Fsp3) is 0.357. The van der Waals surface area contributed by atoms with E-state index in [2.05, 4.69) is 20.3 Å². The van der Waals surface area contributed by atoms with Crippen LogP contribution in [0.15, 0.2) is 18.5 Å². The van der Waals surface area contributed by atoms with Gasteiger partial charge >= 0.3 is 5.97 Å². The Morgan fingerprint density at radius 1 is 1.57 bits per heavy atom. The van der Waals surface area contributed by atoms with Gasteiger partial charge in [-0.3, -0.25) is 0 Å². The van der Waals surface area contributed by atoms with Crippen molar-refractivity contribution in [2.24, 2.45) is 0 Å². The first kappa shape index (κ1) is 15.7. The van der Waals surface area contributed by atoms with Crippen LogP contribution in [0.25, 0.3) is 11.3 Å². The molecule has 0 spiro atoms. The molecule has 0 bridgehead atoms. The van der Waals surface area contributed by atoms with Gasteiger partial charge in [0.05, 0.1) is 29.6 Å². The van der Waals surface area contributed by atoms with Crippen LogP contribution in [-0.2, 0) is 4.74 Å². The lowest BCUT2D eigenvalue weighted by atomic mass is 10.1. The van der Waals surface area contributed by atoms with Crippen molar-refractivity contribution in [3.05, 3.63) is 29.2 Å². The van der Waals surface area contributed by atoms with Crippen molar-refractivity contribution in [3.8, 4) is 11.3 Å². The zero-order valence-electron chi connectivity index (χ0n) is 11.9. The number of alkyl halides is 1. The molecule has 2 unspecified atom stereocenters. The van der Waals surface area contributed by atoms with Crippen LogP contribution in [0.5, 0.6) is 0 Å². The zero-order valence-corrected chi connectivity index (χ0v) is 12.7. The van der Waals surface area contributed by atoms with Crippen LogP contribution in [0.1, 0.15) is 16.9 Å². The molecular weight excluding hydrogens is 327 g/mol. The summed E-state index contributed by atoms with van der Waals surface area (Å²) in [7, 11) is 0. The smallest absolute Gasteiger partial charge is 0.352 e. The molecule has 0 aliphatic carbocycles. The van der Waals surface area contributed by atoms with Crippen molar-refractivity contribution in [3.63, 3.8) is 0 Å². The second-order valence-electron chi connectivity index (χ2n) is 5.13. The number of carboxylic acids is 1. The number of aromatic amines is 1. The van der Waals surface area contributed by atoms with E-state index < -0.39 is 18.2 Å². The number of hydrogen-bond donors (Lipinski definition) is 3. The first-order chi connectivity index (χ1) is 11.0. The number of nitrogens with zero attached hydrogens (tertiary/aromatic N) is 2. The molecule has 2 aromatic rings. The monoisotopic (exact) mass is 340 g/mol. The SMILES string of the molecule is O=C(O)c1cc(-c2nc(NC3CCOCC3F)ncc2Cl)c[nH]1. The molecule has 23 heavy (non-hydrogen) atoms. The Morgan fingerprint density at radius 3 is 3.09 bits per heavy atom. The van der Waals surface area contributed by atoms with Crippen molar-refractivity contribution in [1.29, 1.82) is 0 Å². The molecule has 9 heteroatoms. The van der Waals surface area contributed by atoms with Gasteiger partial charge in [-0.05, 0) is 12.5 Å². The molecule has 122 valence electrons. The van der Waals surface area contributed by atoms with E-state index in [1.54, 1.807) is 0 Å². The maximum absolute atomic E-state index is 13.8. The minimum atomic E-state index is -1.14. The highest BCUT2D eigenvalue weighted by Crippen LogP contribution is 2.27. The molecule has 0 radical (unpaired) electrons. The number of carboxylic acid groups (broad SMARTS) is 1. The summed E-state index contributed by atoms with van der Waals surface area (Å²) in [6, 6.07) is 0.991. The molecule has 2 aromatic heterocycles. The minimum Gasteiger partial charge on any atom is -0.477 e. The molecule has 0 amide bonds. The lowest BCUT2D eigenvalue weighted by molar-refractivity contribution is 0.0284. The van der Waals surface area contributed by atoms with E-state index in [1.165, 1.54) is 18.5 Å². The topological polar surface area (TPSA) is 100 Å². The number of hydrogen-bond acceptors (Lipinski definition) is 5. The summed E-state index contributed by atoms with van der Waals surface area (Å²) in [6.07, 6.45) is 2.26. The van der Waals surface area contributed by atoms with E-state index in [0.717, 1.165) is 0 Å². The lowest BCUT2D eigenvalue weighted by Gasteiger charge is -2.26. The van der Waals surface area contributed by atoms with Gasteiger partial charge in [-0.15, -0.1) is 0 Å². The summed E-state index contributed by atoms with van der Waals surface area (Å²) in [5.74, 6) is -0.848. The van der Waals surface area contributed by atoms with Gasteiger partial charge in [-0.1, -0.05) is 11.6 Å². The predicted molar refractivity (Wildman–Crippen MR) is 81.5 cm³/mol. The Kier molecular flexibility index (Phi) is 4.44. The molecule has 1 aliphatic heterocycles. The molecule has 3 N–H and O–H groups in total. The quantitative estimate of drug-likeness (QED) is 0.790. The van der Waals surface area contributed by atoms with Gasteiger partial charge in [0, 0.05) is 18.4 Å². The van der Waals surface area contributed by atoms with Crippen molar-refractivity contribution in [2.45, 2.75) is 18.6 Å². The zero-order chi connectivity index (χ0) is 16.4. The molecule has 1 aliphatic rings. The Morgan fingerprint density at radius 2 is 2.39 bits per heavy atom. The van der Waals surface area contributed by atoms with Crippen molar-refractivity contribution >= 4 is 23.5 Å². The van der Waals surface area contributed by atoms with Crippen LogP contribution in [0, 0.1) is 0 Å². The second kappa shape index (κ2) is 6.51. The lowest BCUT2D eigenvalue weighted by Crippen LogP contribution is -2.39. The molecular formula is C14H14ClFN4O3. The number of halogens is 2. The number of aromatic carboxylic acids is 1. The number of ether oxygens (including phenoxy) is 1. The summed E-state index contributed by atoms with van der Waals surface area (Å²) in [4.78, 5) is 21.9. The Labute approximate surface area is 135 Å². The highest BCUT2D eigenvalue weighted by molar-refractivity contribution is 6.32. The summed E-state index contributed by atoms with van der Waals surface area (Å²) in [5.41, 5.74) is 0.912. The number of aromatic nitrogens is 3. The molecule has 0 aromatic carbocycles. The van der Waals surface area contributed by atoms with Crippen molar-refractivity contribution in [1.82, 2.24) is 15.0 Å². The normalized spacial score (nSPS) is 21.1. The summed E-state index contributed by atoms with van der Waals surface area (Å²) < 4.78 is 18.8. The van der Waals surface area contributed by atoms with Gasteiger partial charge < -0.3 is 20.1 Å². The van der Waals surface area contributed by atoms with E-state index in [1.807, 2.05) is 0 Å². The van der Waals surface area contributed by atoms with E-state index in [4.69, 9.17) is 21.4 Å². The van der Waals surface area contributed by atoms with Gasteiger partial charge in [-0.25, -0.2) is 19.2 Å². The molecule has 1 fully saturated rings. The van der Waals surface area contributed by atoms with Crippen LogP contribution >= 0.6 is 11.6 Å². The average Bonchev–Trinajstić information content (AvgIpc) is 3.01. The molecule has 3 rings (SSSR count). The third kappa shape index (κ3) is 3.43. The minimum absolute atomic E-state index is 0.0254. The van der Waals surface area contributed by atoms with E-state index >= 15 is 0 Å².